The van der Waals surface area contributed by atoms with E-state index < -0.39 is 5.97 Å². The average molecular weight is 266 g/mol. The Balaban J connectivity index is 1.80. The predicted octanol–water partition coefficient (Wildman–Crippen LogP) is 2.97. The van der Waals surface area contributed by atoms with Crippen molar-refractivity contribution in [1.29, 1.82) is 0 Å². The van der Waals surface area contributed by atoms with Gasteiger partial charge in [-0.2, -0.15) is 0 Å². The van der Waals surface area contributed by atoms with E-state index in [4.69, 9.17) is 9.84 Å². The van der Waals surface area contributed by atoms with E-state index in [1.54, 1.807) is 11.8 Å². The lowest BCUT2D eigenvalue weighted by atomic mass is 10.1. The van der Waals surface area contributed by atoms with Crippen LogP contribution in [0.4, 0.5) is 0 Å². The molecule has 1 saturated heterocycles. The zero-order chi connectivity index (χ0) is 12.8. The number of carboxylic acid groups (broad SMARTS) is 1. The van der Waals surface area contributed by atoms with Crippen molar-refractivity contribution in [3.05, 3.63) is 29.8 Å². The van der Waals surface area contributed by atoms with Gasteiger partial charge in [0, 0.05) is 17.3 Å². The normalized spacial score (nSPS) is 19.7. The van der Waals surface area contributed by atoms with Gasteiger partial charge in [-0.15, -0.1) is 11.8 Å². The minimum Gasteiger partial charge on any atom is -0.481 e. The van der Waals surface area contributed by atoms with Gasteiger partial charge >= 0.3 is 5.97 Å². The van der Waals surface area contributed by atoms with Crippen LogP contribution in [0.2, 0.25) is 0 Å². The summed E-state index contributed by atoms with van der Waals surface area (Å²) in [6, 6.07) is 7.76. The second kappa shape index (κ2) is 6.81. The van der Waals surface area contributed by atoms with Crippen LogP contribution in [-0.2, 0) is 16.0 Å². The minimum absolute atomic E-state index is 0.0939. The highest BCUT2D eigenvalue weighted by Crippen LogP contribution is 2.23. The van der Waals surface area contributed by atoms with Gasteiger partial charge in [0.25, 0.3) is 0 Å². The van der Waals surface area contributed by atoms with Crippen molar-refractivity contribution in [3.8, 4) is 0 Å². The maximum absolute atomic E-state index is 10.6. The van der Waals surface area contributed by atoms with E-state index in [0.29, 0.717) is 6.10 Å². The van der Waals surface area contributed by atoms with E-state index in [9.17, 15) is 4.79 Å². The summed E-state index contributed by atoms with van der Waals surface area (Å²) in [5, 5.41) is 8.69. The molecule has 1 aromatic rings. The average Bonchev–Trinajstić information content (AvgIpc) is 2.38. The topological polar surface area (TPSA) is 46.5 Å². The summed E-state index contributed by atoms with van der Waals surface area (Å²) in [6.45, 7) is 0.892. The molecule has 1 aliphatic rings. The maximum atomic E-state index is 10.6. The van der Waals surface area contributed by atoms with Gasteiger partial charge < -0.3 is 9.84 Å². The highest BCUT2D eigenvalue weighted by molar-refractivity contribution is 7.99. The van der Waals surface area contributed by atoms with Crippen LogP contribution in [0, 0.1) is 0 Å². The molecular weight excluding hydrogens is 248 g/mol. The molecular formula is C14H18O3S. The fourth-order valence-electron chi connectivity index (χ4n) is 2.01. The molecule has 1 N–H and O–H groups in total. The highest BCUT2D eigenvalue weighted by Gasteiger charge is 2.13. The molecule has 1 aromatic carbocycles. The predicted molar refractivity (Wildman–Crippen MR) is 72.1 cm³/mol. The quantitative estimate of drug-likeness (QED) is 0.832. The number of carbonyl (C=O) groups is 1. The zero-order valence-electron chi connectivity index (χ0n) is 10.3. The van der Waals surface area contributed by atoms with Gasteiger partial charge in [0.1, 0.15) is 0 Å². The zero-order valence-corrected chi connectivity index (χ0v) is 11.1. The number of benzene rings is 1. The van der Waals surface area contributed by atoms with Gasteiger partial charge in [-0.05, 0) is 37.0 Å². The van der Waals surface area contributed by atoms with E-state index in [1.165, 1.54) is 17.7 Å². The van der Waals surface area contributed by atoms with E-state index in [2.05, 4.69) is 0 Å². The lowest BCUT2D eigenvalue weighted by Gasteiger charge is -2.22. The number of rotatable bonds is 5. The number of hydrogen-bond donors (Lipinski definition) is 1. The smallest absolute Gasteiger partial charge is 0.307 e. The molecule has 1 aliphatic heterocycles. The molecule has 0 saturated carbocycles. The second-order valence-electron chi connectivity index (χ2n) is 4.51. The Morgan fingerprint density at radius 3 is 2.72 bits per heavy atom. The summed E-state index contributed by atoms with van der Waals surface area (Å²) in [5.41, 5.74) is 0.848. The molecule has 1 unspecified atom stereocenters. The minimum atomic E-state index is -0.786. The summed E-state index contributed by atoms with van der Waals surface area (Å²) >= 11 is 1.78. The molecule has 0 aliphatic carbocycles. The lowest BCUT2D eigenvalue weighted by molar-refractivity contribution is -0.136. The first-order chi connectivity index (χ1) is 8.74. The van der Waals surface area contributed by atoms with Crippen molar-refractivity contribution >= 4 is 17.7 Å². The number of aliphatic carboxylic acids is 1. The number of hydrogen-bond acceptors (Lipinski definition) is 3. The molecule has 18 heavy (non-hydrogen) atoms. The van der Waals surface area contributed by atoms with E-state index in [1.807, 2.05) is 24.3 Å². The lowest BCUT2D eigenvalue weighted by Crippen LogP contribution is -2.21. The summed E-state index contributed by atoms with van der Waals surface area (Å²) in [7, 11) is 0. The molecule has 1 heterocycles. The van der Waals surface area contributed by atoms with Crippen LogP contribution in [0.25, 0.3) is 0 Å². The molecule has 4 heteroatoms. The van der Waals surface area contributed by atoms with Crippen molar-refractivity contribution in [3.63, 3.8) is 0 Å². The monoisotopic (exact) mass is 266 g/mol. The Morgan fingerprint density at radius 1 is 1.33 bits per heavy atom. The summed E-state index contributed by atoms with van der Waals surface area (Å²) in [4.78, 5) is 11.7. The van der Waals surface area contributed by atoms with Crippen molar-refractivity contribution in [1.82, 2.24) is 0 Å². The SMILES string of the molecule is O=C(O)Cc1ccc(SCC2CCCCO2)cc1. The second-order valence-corrected chi connectivity index (χ2v) is 5.61. The van der Waals surface area contributed by atoms with Crippen LogP contribution in [-0.4, -0.2) is 29.5 Å². The first kappa shape index (κ1) is 13.4. The molecule has 98 valence electrons. The first-order valence-corrected chi connectivity index (χ1v) is 7.28. The van der Waals surface area contributed by atoms with Gasteiger partial charge in [0.15, 0.2) is 0 Å². The Kier molecular flexibility index (Phi) is 5.08. The molecule has 0 bridgehead atoms. The molecule has 0 spiro atoms. The summed E-state index contributed by atoms with van der Waals surface area (Å²) in [6.07, 6.45) is 4.08. The van der Waals surface area contributed by atoms with Crippen LogP contribution in [0.15, 0.2) is 29.2 Å². The molecule has 0 aromatic heterocycles. The number of ether oxygens (including phenoxy) is 1. The van der Waals surface area contributed by atoms with E-state index in [-0.39, 0.29) is 6.42 Å². The summed E-state index contributed by atoms with van der Waals surface area (Å²) < 4.78 is 5.68. The number of carboxylic acids is 1. The third kappa shape index (κ3) is 4.35. The maximum Gasteiger partial charge on any atom is 0.307 e. The molecule has 1 atom stereocenters. The van der Waals surface area contributed by atoms with Gasteiger partial charge in [-0.1, -0.05) is 12.1 Å². The molecule has 0 radical (unpaired) electrons. The van der Waals surface area contributed by atoms with Crippen LogP contribution >= 0.6 is 11.8 Å². The first-order valence-electron chi connectivity index (χ1n) is 6.29. The standard InChI is InChI=1S/C14H18O3S/c15-14(16)9-11-4-6-13(7-5-11)18-10-12-3-1-2-8-17-12/h4-7,12H,1-3,8-10H2,(H,15,16). The third-order valence-electron chi connectivity index (χ3n) is 2.99. The van der Waals surface area contributed by atoms with E-state index in [0.717, 1.165) is 24.3 Å². The molecule has 2 rings (SSSR count). The van der Waals surface area contributed by atoms with E-state index >= 15 is 0 Å². The van der Waals surface area contributed by atoms with Crippen LogP contribution in [0.5, 0.6) is 0 Å². The van der Waals surface area contributed by atoms with Crippen LogP contribution < -0.4 is 0 Å². The fourth-order valence-corrected chi connectivity index (χ4v) is 2.98. The van der Waals surface area contributed by atoms with Crippen molar-refractivity contribution < 1.29 is 14.6 Å². The fraction of sp³-hybridized carbons (Fsp3) is 0.500. The Morgan fingerprint density at radius 2 is 2.11 bits per heavy atom. The largest absolute Gasteiger partial charge is 0.481 e. The van der Waals surface area contributed by atoms with Gasteiger partial charge in [-0.3, -0.25) is 4.79 Å². The van der Waals surface area contributed by atoms with Gasteiger partial charge in [0.2, 0.25) is 0 Å². The van der Waals surface area contributed by atoms with Crippen molar-refractivity contribution in [2.45, 2.75) is 36.7 Å². The Labute approximate surface area is 112 Å². The molecule has 3 nitrogen and oxygen atoms in total. The van der Waals surface area contributed by atoms with Crippen LogP contribution in [0.1, 0.15) is 24.8 Å². The third-order valence-corrected chi connectivity index (χ3v) is 4.13. The van der Waals surface area contributed by atoms with Gasteiger partial charge in [0.05, 0.1) is 12.5 Å². The van der Waals surface area contributed by atoms with Crippen molar-refractivity contribution in [2.24, 2.45) is 0 Å². The molecule has 0 amide bonds. The van der Waals surface area contributed by atoms with Crippen LogP contribution in [0.3, 0.4) is 0 Å². The number of thioether (sulfide) groups is 1. The molecule has 1 fully saturated rings. The highest BCUT2D eigenvalue weighted by atomic mass is 32.2. The Hall–Kier alpha value is -1.00. The Bertz CT molecular complexity index is 383. The van der Waals surface area contributed by atoms with Crippen molar-refractivity contribution in [2.75, 3.05) is 12.4 Å². The van der Waals surface area contributed by atoms with Gasteiger partial charge in [-0.25, -0.2) is 0 Å². The summed E-state index contributed by atoms with van der Waals surface area (Å²) in [5.74, 6) is 0.198.